The highest BCUT2D eigenvalue weighted by molar-refractivity contribution is 5.95. The second kappa shape index (κ2) is 17.7. The molecule has 1 saturated heterocycles. The summed E-state index contributed by atoms with van der Waals surface area (Å²) in [7, 11) is 0. The molecule has 2 aliphatic rings. The zero-order valence-electron chi connectivity index (χ0n) is 25.8. The highest BCUT2D eigenvalue weighted by atomic mass is 16.8. The van der Waals surface area contributed by atoms with E-state index in [9.17, 15) is 14.4 Å². The lowest BCUT2D eigenvalue weighted by Gasteiger charge is -2.43. The summed E-state index contributed by atoms with van der Waals surface area (Å²) in [4.78, 5) is 48.3. The van der Waals surface area contributed by atoms with Crippen LogP contribution in [0.4, 0.5) is 0 Å². The maximum absolute atomic E-state index is 14.6. The molecule has 1 heterocycles. The molecule has 1 aliphatic carbocycles. The van der Waals surface area contributed by atoms with Crippen LogP contribution < -0.4 is 22.5 Å². The smallest absolute Gasteiger partial charge is 0.248 e. The first kappa shape index (κ1) is 34.2. The van der Waals surface area contributed by atoms with Gasteiger partial charge in [-0.05, 0) is 68.9 Å². The van der Waals surface area contributed by atoms with Gasteiger partial charge in [-0.3, -0.25) is 19.8 Å². The third-order valence-electron chi connectivity index (χ3n) is 9.16. The number of carbonyl (C=O) groups excluding carboxylic acids is 3. The van der Waals surface area contributed by atoms with Gasteiger partial charge in [0.05, 0.1) is 11.8 Å². The first-order valence-electron chi connectivity index (χ1n) is 16.2. The van der Waals surface area contributed by atoms with Crippen molar-refractivity contribution in [1.82, 2.24) is 10.9 Å². The van der Waals surface area contributed by atoms with Gasteiger partial charge in [0, 0.05) is 24.9 Å². The van der Waals surface area contributed by atoms with Crippen molar-refractivity contribution < 1.29 is 24.0 Å². The van der Waals surface area contributed by atoms with Crippen molar-refractivity contribution in [2.45, 2.75) is 110 Å². The van der Waals surface area contributed by atoms with Gasteiger partial charge in [-0.25, -0.2) is 16.2 Å². The van der Waals surface area contributed by atoms with E-state index < -0.39 is 35.4 Å². The Balaban J connectivity index is 2.12. The molecule has 2 unspecified atom stereocenters. The van der Waals surface area contributed by atoms with Gasteiger partial charge in [-0.1, -0.05) is 76.3 Å². The van der Waals surface area contributed by atoms with Gasteiger partial charge in [0.15, 0.2) is 6.29 Å². The van der Waals surface area contributed by atoms with Crippen molar-refractivity contribution in [1.29, 1.82) is 0 Å². The zero-order chi connectivity index (χ0) is 30.4. The monoisotopic (exact) mass is 586 g/mol. The fraction of sp³-hybridized carbons (Fsp3) is 0.727. The maximum atomic E-state index is 14.6. The Morgan fingerprint density at radius 3 is 2.36 bits per heavy atom. The standard InChI is InChI=1S/C33H54N4O5/c1-24(2)22-27(31(39)36-35)30(32(40)37-42-29-17-9-10-21-41-29)33(28(38)16-11-20-34,23-26-14-7-4-8-15-26)19-18-25-12-5-3-6-13-25/h4,7-8,14-15,24-25,27,29-30H,3,5-6,9-13,16-23,34-35H2,1-2H3,(H,36,39)(H,37,40)/t27-,29?,30-,33?/m1/s1. The molecule has 0 bridgehead atoms. The molecule has 236 valence electrons. The molecule has 2 amide bonds. The van der Waals surface area contributed by atoms with Crippen LogP contribution in [0.3, 0.4) is 0 Å². The van der Waals surface area contributed by atoms with E-state index in [0.29, 0.717) is 51.2 Å². The van der Waals surface area contributed by atoms with Gasteiger partial charge in [-0.2, -0.15) is 0 Å². The Bertz CT molecular complexity index is 962. The molecule has 6 N–H and O–H groups in total. The number of carbonyl (C=O) groups is 3. The molecule has 1 saturated carbocycles. The summed E-state index contributed by atoms with van der Waals surface area (Å²) >= 11 is 0. The molecule has 1 aromatic carbocycles. The topological polar surface area (TPSA) is 146 Å². The van der Waals surface area contributed by atoms with Gasteiger partial charge in [-0.15, -0.1) is 0 Å². The normalized spacial score (nSPS) is 20.8. The van der Waals surface area contributed by atoms with Gasteiger partial charge in [0.2, 0.25) is 11.8 Å². The van der Waals surface area contributed by atoms with E-state index >= 15 is 0 Å². The first-order valence-corrected chi connectivity index (χ1v) is 16.2. The average Bonchev–Trinajstić information content (AvgIpc) is 3.01. The van der Waals surface area contributed by atoms with Gasteiger partial charge in [0.1, 0.15) is 5.78 Å². The van der Waals surface area contributed by atoms with Crippen molar-refractivity contribution in [2.24, 2.45) is 40.7 Å². The number of nitrogens with one attached hydrogen (secondary N) is 2. The van der Waals surface area contributed by atoms with Crippen LogP contribution in [0.2, 0.25) is 0 Å². The molecule has 4 atom stereocenters. The number of hydrogen-bond donors (Lipinski definition) is 4. The molecule has 9 heteroatoms. The quantitative estimate of drug-likeness (QED) is 0.117. The van der Waals surface area contributed by atoms with Gasteiger partial charge in [0.25, 0.3) is 0 Å². The number of Topliss-reactive ketones (excluding diaryl/α,β-unsaturated/α-hetero) is 1. The summed E-state index contributed by atoms with van der Waals surface area (Å²) < 4.78 is 5.69. The first-order chi connectivity index (χ1) is 20.3. The molecule has 42 heavy (non-hydrogen) atoms. The molecule has 0 aromatic heterocycles. The number of rotatable bonds is 17. The molecular weight excluding hydrogens is 532 g/mol. The predicted octanol–water partition coefficient (Wildman–Crippen LogP) is 4.73. The molecule has 0 radical (unpaired) electrons. The summed E-state index contributed by atoms with van der Waals surface area (Å²) in [5, 5.41) is 0. The summed E-state index contributed by atoms with van der Waals surface area (Å²) in [6.07, 6.45) is 10.6. The average molecular weight is 587 g/mol. The van der Waals surface area contributed by atoms with Crippen molar-refractivity contribution in [3.63, 3.8) is 0 Å². The fourth-order valence-electron chi connectivity index (χ4n) is 6.99. The number of benzene rings is 1. The van der Waals surface area contributed by atoms with Crippen LogP contribution >= 0.6 is 0 Å². The highest BCUT2D eigenvalue weighted by Crippen LogP contribution is 2.47. The SMILES string of the molecule is CC(C)C[C@@H](C(=O)NN)[C@H](C(=O)NOC1CCCCO1)C(CCC1CCCCC1)(Cc1ccccc1)C(=O)CCCN. The van der Waals surface area contributed by atoms with Crippen LogP contribution in [0.1, 0.15) is 103 Å². The van der Waals surface area contributed by atoms with E-state index in [0.717, 1.165) is 37.7 Å². The van der Waals surface area contributed by atoms with Crippen LogP contribution in [-0.4, -0.2) is 37.0 Å². The van der Waals surface area contributed by atoms with E-state index in [4.69, 9.17) is 21.2 Å². The Kier molecular flexibility index (Phi) is 14.4. The number of ether oxygens (including phenoxy) is 1. The third-order valence-corrected chi connectivity index (χ3v) is 9.16. The number of ketones is 1. The van der Waals surface area contributed by atoms with Crippen molar-refractivity contribution in [3.05, 3.63) is 35.9 Å². The minimum Gasteiger partial charge on any atom is -0.350 e. The molecule has 2 fully saturated rings. The summed E-state index contributed by atoms with van der Waals surface area (Å²) in [5.41, 5.74) is 10.7. The molecule has 1 aromatic rings. The fourth-order valence-corrected chi connectivity index (χ4v) is 6.99. The van der Waals surface area contributed by atoms with E-state index in [-0.39, 0.29) is 18.1 Å². The minimum absolute atomic E-state index is 0.0275. The maximum Gasteiger partial charge on any atom is 0.248 e. The number of nitrogens with two attached hydrogens (primary N) is 2. The Morgan fingerprint density at radius 2 is 1.74 bits per heavy atom. The minimum atomic E-state index is -1.15. The van der Waals surface area contributed by atoms with E-state index in [1.54, 1.807) is 0 Å². The largest absolute Gasteiger partial charge is 0.350 e. The second-order valence-corrected chi connectivity index (χ2v) is 12.8. The number of amides is 2. The van der Waals surface area contributed by atoms with Crippen LogP contribution in [0.5, 0.6) is 0 Å². The second-order valence-electron chi connectivity index (χ2n) is 12.8. The van der Waals surface area contributed by atoms with Crippen LogP contribution in [0, 0.1) is 29.1 Å². The summed E-state index contributed by atoms with van der Waals surface area (Å²) in [6.45, 7) is 4.95. The Hall–Kier alpha value is -2.33. The van der Waals surface area contributed by atoms with E-state index in [1.165, 1.54) is 19.3 Å². The third kappa shape index (κ3) is 9.86. The van der Waals surface area contributed by atoms with Crippen molar-refractivity contribution in [3.8, 4) is 0 Å². The lowest BCUT2D eigenvalue weighted by Crippen LogP contribution is -2.56. The lowest BCUT2D eigenvalue weighted by atomic mass is 9.58. The van der Waals surface area contributed by atoms with Gasteiger partial charge < -0.3 is 10.5 Å². The summed E-state index contributed by atoms with van der Waals surface area (Å²) in [5.74, 6) is 3.53. The van der Waals surface area contributed by atoms with E-state index in [2.05, 4.69) is 10.9 Å². The summed E-state index contributed by atoms with van der Waals surface area (Å²) in [6, 6.07) is 9.82. The number of hydrazine groups is 1. The zero-order valence-corrected chi connectivity index (χ0v) is 25.8. The molecular formula is C33H54N4O5. The molecule has 0 spiro atoms. The molecule has 1 aliphatic heterocycles. The molecule has 9 nitrogen and oxygen atoms in total. The van der Waals surface area contributed by atoms with Gasteiger partial charge >= 0.3 is 0 Å². The van der Waals surface area contributed by atoms with Crippen LogP contribution in [0.25, 0.3) is 0 Å². The van der Waals surface area contributed by atoms with Crippen LogP contribution in [-0.2, 0) is 30.4 Å². The van der Waals surface area contributed by atoms with Crippen molar-refractivity contribution >= 4 is 17.6 Å². The predicted molar refractivity (Wildman–Crippen MR) is 163 cm³/mol. The van der Waals surface area contributed by atoms with Crippen molar-refractivity contribution in [2.75, 3.05) is 13.2 Å². The lowest BCUT2D eigenvalue weighted by molar-refractivity contribution is -0.205. The highest BCUT2D eigenvalue weighted by Gasteiger charge is 2.53. The molecule has 3 rings (SSSR count). The number of hydrogen-bond acceptors (Lipinski definition) is 7. The number of hydroxylamine groups is 1. The Morgan fingerprint density at radius 1 is 1.02 bits per heavy atom. The Labute approximate surface area is 252 Å². The van der Waals surface area contributed by atoms with E-state index in [1.807, 2.05) is 44.2 Å². The van der Waals surface area contributed by atoms with Crippen LogP contribution in [0.15, 0.2) is 30.3 Å².